The molecule has 3 rings (SSSR count). The van der Waals surface area contributed by atoms with Crippen molar-refractivity contribution in [2.45, 2.75) is 13.0 Å². The van der Waals surface area contributed by atoms with Crippen LogP contribution >= 0.6 is 0 Å². The highest BCUT2D eigenvalue weighted by Crippen LogP contribution is 2.25. The summed E-state index contributed by atoms with van der Waals surface area (Å²) in [6, 6.07) is 14.4. The zero-order valence-electron chi connectivity index (χ0n) is 15.7. The van der Waals surface area contributed by atoms with Crippen LogP contribution in [-0.2, 0) is 4.74 Å². The molecule has 1 aromatic heterocycles. The molecule has 0 aliphatic carbocycles. The van der Waals surface area contributed by atoms with Crippen molar-refractivity contribution in [1.29, 1.82) is 0 Å². The molecule has 7 heteroatoms. The smallest absolute Gasteiger partial charge is 0.338 e. The Morgan fingerprint density at radius 1 is 1.04 bits per heavy atom. The fourth-order valence-electron chi connectivity index (χ4n) is 2.42. The maximum atomic E-state index is 12.3. The number of aromatic nitrogens is 2. The van der Waals surface area contributed by atoms with Gasteiger partial charge in [0.1, 0.15) is 5.75 Å². The molecule has 3 aromatic rings. The van der Waals surface area contributed by atoms with Gasteiger partial charge in [0.2, 0.25) is 5.89 Å². The zero-order chi connectivity index (χ0) is 19.4. The van der Waals surface area contributed by atoms with Crippen molar-refractivity contribution in [2.75, 3.05) is 26.1 Å². The van der Waals surface area contributed by atoms with E-state index >= 15 is 0 Å². The molecule has 7 nitrogen and oxygen atoms in total. The van der Waals surface area contributed by atoms with Gasteiger partial charge in [0.25, 0.3) is 5.89 Å². The molecule has 0 fully saturated rings. The summed E-state index contributed by atoms with van der Waals surface area (Å²) in [5.74, 6) is 0.878. The van der Waals surface area contributed by atoms with Crippen LogP contribution in [0.2, 0.25) is 0 Å². The lowest BCUT2D eigenvalue weighted by atomic mass is 10.2. The molecule has 0 aliphatic rings. The minimum atomic E-state index is -0.662. The van der Waals surface area contributed by atoms with Crippen molar-refractivity contribution < 1.29 is 18.7 Å². The first kappa shape index (κ1) is 18.4. The van der Waals surface area contributed by atoms with Crippen molar-refractivity contribution in [2.24, 2.45) is 0 Å². The standard InChI is InChI=1S/C20H21N3O4/c1-13(26-20(24)15-5-9-16(10-6-15)23(2)3)18-21-22-19(27-18)14-7-11-17(25-4)12-8-14/h5-13H,1-4H3/t13-/m1/s1. The molecule has 0 radical (unpaired) electrons. The first-order valence-corrected chi connectivity index (χ1v) is 8.44. The minimum Gasteiger partial charge on any atom is -0.497 e. The molecular weight excluding hydrogens is 346 g/mol. The first-order chi connectivity index (χ1) is 13.0. The second-order valence-electron chi connectivity index (χ2n) is 6.16. The van der Waals surface area contributed by atoms with E-state index in [1.54, 1.807) is 38.3 Å². The number of esters is 1. The number of anilines is 1. The molecule has 1 heterocycles. The molecule has 0 N–H and O–H groups in total. The third kappa shape index (κ3) is 4.25. The van der Waals surface area contributed by atoms with Crippen LogP contribution in [0.4, 0.5) is 5.69 Å². The van der Waals surface area contributed by atoms with E-state index in [4.69, 9.17) is 13.9 Å². The average Bonchev–Trinajstić information content (AvgIpc) is 3.18. The van der Waals surface area contributed by atoms with E-state index in [2.05, 4.69) is 10.2 Å². The van der Waals surface area contributed by atoms with Crippen molar-refractivity contribution >= 4 is 11.7 Å². The molecule has 0 aliphatic heterocycles. The number of nitrogens with zero attached hydrogens (tertiary/aromatic N) is 3. The quantitative estimate of drug-likeness (QED) is 0.614. The van der Waals surface area contributed by atoms with Crippen LogP contribution in [0.1, 0.15) is 29.3 Å². The van der Waals surface area contributed by atoms with Crippen LogP contribution in [0.15, 0.2) is 52.9 Å². The molecule has 0 unspecified atom stereocenters. The predicted octanol–water partition coefficient (Wildman–Crippen LogP) is 3.73. The highest BCUT2D eigenvalue weighted by Gasteiger charge is 2.20. The topological polar surface area (TPSA) is 77.7 Å². The van der Waals surface area contributed by atoms with Crippen molar-refractivity contribution in [1.82, 2.24) is 10.2 Å². The van der Waals surface area contributed by atoms with Gasteiger partial charge < -0.3 is 18.8 Å². The highest BCUT2D eigenvalue weighted by atomic mass is 16.6. The van der Waals surface area contributed by atoms with Gasteiger partial charge in [0, 0.05) is 25.3 Å². The number of carbonyl (C=O) groups excluding carboxylic acids is 1. The molecule has 27 heavy (non-hydrogen) atoms. The number of hydrogen-bond donors (Lipinski definition) is 0. The lowest BCUT2D eigenvalue weighted by molar-refractivity contribution is 0.0280. The summed E-state index contributed by atoms with van der Waals surface area (Å²) in [4.78, 5) is 14.3. The van der Waals surface area contributed by atoms with Crippen molar-refractivity contribution in [3.05, 3.63) is 60.0 Å². The third-order valence-corrected chi connectivity index (χ3v) is 4.03. The number of carbonyl (C=O) groups is 1. The van der Waals surface area contributed by atoms with Gasteiger partial charge in [0.15, 0.2) is 6.10 Å². The Kier molecular flexibility index (Phi) is 5.40. The van der Waals surface area contributed by atoms with Crippen LogP contribution in [0.3, 0.4) is 0 Å². The lowest BCUT2D eigenvalue weighted by Gasteiger charge is -2.13. The number of benzene rings is 2. The van der Waals surface area contributed by atoms with E-state index in [1.165, 1.54) is 0 Å². The van der Waals surface area contributed by atoms with Crippen LogP contribution < -0.4 is 9.64 Å². The summed E-state index contributed by atoms with van der Waals surface area (Å²) in [6.07, 6.45) is -0.662. The summed E-state index contributed by atoms with van der Waals surface area (Å²) in [5.41, 5.74) is 2.22. The van der Waals surface area contributed by atoms with Crippen LogP contribution in [0.5, 0.6) is 5.75 Å². The van der Waals surface area contributed by atoms with Gasteiger partial charge >= 0.3 is 5.97 Å². The molecule has 0 bridgehead atoms. The fraction of sp³-hybridized carbons (Fsp3) is 0.250. The van der Waals surface area contributed by atoms with E-state index in [0.29, 0.717) is 11.5 Å². The van der Waals surface area contributed by atoms with E-state index in [9.17, 15) is 4.79 Å². The second-order valence-corrected chi connectivity index (χ2v) is 6.16. The molecular formula is C20H21N3O4. The summed E-state index contributed by atoms with van der Waals surface area (Å²) >= 11 is 0. The van der Waals surface area contributed by atoms with Crippen molar-refractivity contribution in [3.8, 4) is 17.2 Å². The largest absolute Gasteiger partial charge is 0.497 e. The van der Waals surface area contributed by atoms with Gasteiger partial charge in [-0.2, -0.15) is 0 Å². The zero-order valence-corrected chi connectivity index (χ0v) is 15.7. The Morgan fingerprint density at radius 2 is 1.70 bits per heavy atom. The van der Waals surface area contributed by atoms with Gasteiger partial charge in [-0.25, -0.2) is 4.79 Å². The summed E-state index contributed by atoms with van der Waals surface area (Å²) in [7, 11) is 5.47. The Labute approximate surface area is 157 Å². The Hall–Kier alpha value is -3.35. The van der Waals surface area contributed by atoms with Crippen LogP contribution in [0.25, 0.3) is 11.5 Å². The highest BCUT2D eigenvalue weighted by molar-refractivity contribution is 5.90. The van der Waals surface area contributed by atoms with Crippen molar-refractivity contribution in [3.63, 3.8) is 0 Å². The van der Waals surface area contributed by atoms with E-state index < -0.39 is 12.1 Å². The summed E-state index contributed by atoms with van der Waals surface area (Å²) < 4.78 is 16.2. The molecule has 0 saturated carbocycles. The maximum absolute atomic E-state index is 12.3. The van der Waals surface area contributed by atoms with Gasteiger partial charge in [0.05, 0.1) is 12.7 Å². The molecule has 1 atom stereocenters. The van der Waals surface area contributed by atoms with E-state index in [1.807, 2.05) is 43.3 Å². The monoisotopic (exact) mass is 367 g/mol. The number of methoxy groups -OCH3 is 1. The minimum absolute atomic E-state index is 0.235. The Bertz CT molecular complexity index is 902. The maximum Gasteiger partial charge on any atom is 0.338 e. The van der Waals surface area contributed by atoms with Crippen LogP contribution in [-0.4, -0.2) is 37.4 Å². The van der Waals surface area contributed by atoms with Gasteiger partial charge in [-0.05, 0) is 55.5 Å². The summed E-state index contributed by atoms with van der Waals surface area (Å²) in [5, 5.41) is 8.01. The van der Waals surface area contributed by atoms with E-state index in [0.717, 1.165) is 17.0 Å². The molecule has 0 spiro atoms. The summed E-state index contributed by atoms with van der Waals surface area (Å²) in [6.45, 7) is 1.69. The number of ether oxygens (including phenoxy) is 2. The second kappa shape index (κ2) is 7.90. The number of hydrogen-bond acceptors (Lipinski definition) is 7. The third-order valence-electron chi connectivity index (χ3n) is 4.03. The predicted molar refractivity (Wildman–Crippen MR) is 101 cm³/mol. The van der Waals surface area contributed by atoms with Crippen LogP contribution in [0, 0.1) is 0 Å². The SMILES string of the molecule is COc1ccc(-c2nnc([C@@H](C)OC(=O)c3ccc(N(C)C)cc3)o2)cc1. The molecule has 0 amide bonds. The van der Waals surface area contributed by atoms with E-state index in [-0.39, 0.29) is 5.89 Å². The first-order valence-electron chi connectivity index (χ1n) is 8.44. The lowest BCUT2D eigenvalue weighted by Crippen LogP contribution is -2.11. The van der Waals surface area contributed by atoms with Gasteiger partial charge in [-0.15, -0.1) is 10.2 Å². The Balaban J connectivity index is 1.68. The normalized spacial score (nSPS) is 11.7. The molecule has 0 saturated heterocycles. The number of rotatable bonds is 6. The Morgan fingerprint density at radius 3 is 2.30 bits per heavy atom. The van der Waals surface area contributed by atoms with Gasteiger partial charge in [-0.1, -0.05) is 0 Å². The van der Waals surface area contributed by atoms with Gasteiger partial charge in [-0.3, -0.25) is 0 Å². The molecule has 2 aromatic carbocycles. The average molecular weight is 367 g/mol. The molecule has 140 valence electrons. The fourth-order valence-corrected chi connectivity index (χ4v) is 2.42.